The Morgan fingerprint density at radius 3 is 2.74 bits per heavy atom. The highest BCUT2D eigenvalue weighted by Gasteiger charge is 2.19. The summed E-state index contributed by atoms with van der Waals surface area (Å²) in [6.07, 6.45) is 3.74. The lowest BCUT2D eigenvalue weighted by Gasteiger charge is -2.16. The summed E-state index contributed by atoms with van der Waals surface area (Å²) in [4.78, 5) is 1.25. The molecule has 1 aromatic heterocycles. The Kier molecular flexibility index (Phi) is 3.99. The fraction of sp³-hybridized carbons (Fsp3) is 0.333. The zero-order valence-electron chi connectivity index (χ0n) is 10.7. The summed E-state index contributed by atoms with van der Waals surface area (Å²) in [5.41, 5.74) is 4.36. The van der Waals surface area contributed by atoms with E-state index in [4.69, 9.17) is 11.6 Å². The number of nitrogens with one attached hydrogen (secondary N) is 1. The molecule has 1 aliphatic carbocycles. The molecule has 0 fully saturated rings. The smallest absolute Gasteiger partial charge is 0.0888 e. The molecule has 1 unspecified atom stereocenters. The number of rotatable bonds is 3. The van der Waals surface area contributed by atoms with Gasteiger partial charge in [-0.3, -0.25) is 0 Å². The van der Waals surface area contributed by atoms with Gasteiger partial charge in [-0.1, -0.05) is 29.8 Å². The monoisotopic (exact) mass is 355 g/mol. The first-order valence-electron chi connectivity index (χ1n) is 6.42. The number of fused-ring (bicyclic) bond motifs is 1. The molecule has 1 aromatic carbocycles. The van der Waals surface area contributed by atoms with E-state index in [1.165, 1.54) is 40.8 Å². The molecule has 0 amide bonds. The predicted molar refractivity (Wildman–Crippen MR) is 86.4 cm³/mol. The van der Waals surface area contributed by atoms with Crippen molar-refractivity contribution in [3.05, 3.63) is 54.6 Å². The zero-order valence-corrected chi connectivity index (χ0v) is 13.8. The maximum Gasteiger partial charge on any atom is 0.0888 e. The second-order valence-electron chi connectivity index (χ2n) is 4.87. The average molecular weight is 357 g/mol. The van der Waals surface area contributed by atoms with Crippen molar-refractivity contribution in [3.8, 4) is 0 Å². The molecule has 100 valence electrons. The van der Waals surface area contributed by atoms with Crippen molar-refractivity contribution < 1.29 is 0 Å². The van der Waals surface area contributed by atoms with Crippen LogP contribution in [0.1, 0.15) is 34.0 Å². The Balaban J connectivity index is 1.98. The van der Waals surface area contributed by atoms with Gasteiger partial charge >= 0.3 is 0 Å². The summed E-state index contributed by atoms with van der Waals surface area (Å²) in [5.74, 6) is 0. The van der Waals surface area contributed by atoms with Crippen LogP contribution in [-0.2, 0) is 12.8 Å². The van der Waals surface area contributed by atoms with Crippen LogP contribution in [-0.4, -0.2) is 7.05 Å². The normalized spacial score (nSPS) is 15.5. The second kappa shape index (κ2) is 5.57. The number of benzene rings is 1. The molecule has 1 heterocycles. The summed E-state index contributed by atoms with van der Waals surface area (Å²) in [6, 6.07) is 9.15. The van der Waals surface area contributed by atoms with Crippen molar-refractivity contribution in [3.63, 3.8) is 0 Å². The Labute approximate surface area is 131 Å². The third-order valence-electron chi connectivity index (χ3n) is 3.69. The van der Waals surface area contributed by atoms with Gasteiger partial charge in [0.2, 0.25) is 0 Å². The molecular weight excluding hydrogens is 342 g/mol. The van der Waals surface area contributed by atoms with Gasteiger partial charge in [0.15, 0.2) is 0 Å². The molecule has 1 N–H and O–H groups in total. The van der Waals surface area contributed by atoms with E-state index in [1.54, 1.807) is 11.3 Å². The molecule has 19 heavy (non-hydrogen) atoms. The quantitative estimate of drug-likeness (QED) is 0.819. The zero-order chi connectivity index (χ0) is 13.4. The van der Waals surface area contributed by atoms with Crippen LogP contribution in [0.2, 0.25) is 5.02 Å². The fourth-order valence-electron chi connectivity index (χ4n) is 2.75. The predicted octanol–water partition coefficient (Wildman–Crippen LogP) is 4.96. The molecule has 0 saturated heterocycles. The minimum Gasteiger partial charge on any atom is -0.309 e. The molecule has 0 saturated carbocycles. The molecule has 4 heteroatoms. The number of hydrogen-bond donors (Lipinski definition) is 1. The first-order chi connectivity index (χ1) is 9.19. The molecule has 1 aliphatic rings. The van der Waals surface area contributed by atoms with Crippen molar-refractivity contribution in [1.29, 1.82) is 0 Å². The van der Waals surface area contributed by atoms with E-state index in [9.17, 15) is 0 Å². The van der Waals surface area contributed by atoms with Gasteiger partial charge in [-0.15, -0.1) is 11.3 Å². The highest BCUT2D eigenvalue weighted by molar-refractivity contribution is 9.11. The largest absolute Gasteiger partial charge is 0.309 e. The number of halogens is 2. The van der Waals surface area contributed by atoms with Crippen LogP contribution in [0.25, 0.3) is 0 Å². The van der Waals surface area contributed by atoms with Crippen LogP contribution in [0.15, 0.2) is 28.1 Å². The van der Waals surface area contributed by atoms with E-state index in [2.05, 4.69) is 39.4 Å². The lowest BCUT2D eigenvalue weighted by Crippen LogP contribution is -2.16. The fourth-order valence-corrected chi connectivity index (χ4v) is 4.64. The van der Waals surface area contributed by atoms with E-state index in [-0.39, 0.29) is 6.04 Å². The minimum atomic E-state index is 0.222. The molecule has 0 radical (unpaired) electrons. The number of thiophene rings is 1. The van der Waals surface area contributed by atoms with E-state index < -0.39 is 0 Å². The van der Waals surface area contributed by atoms with E-state index in [1.807, 2.05) is 13.1 Å². The van der Waals surface area contributed by atoms with Crippen LogP contribution < -0.4 is 5.32 Å². The first kappa shape index (κ1) is 13.6. The Bertz CT molecular complexity index is 589. The molecule has 1 atom stereocenters. The van der Waals surface area contributed by atoms with Gasteiger partial charge < -0.3 is 5.32 Å². The van der Waals surface area contributed by atoms with Gasteiger partial charge in [-0.25, -0.2) is 0 Å². The molecule has 0 spiro atoms. The second-order valence-corrected chi connectivity index (χ2v) is 7.68. The van der Waals surface area contributed by atoms with Crippen LogP contribution in [0.3, 0.4) is 0 Å². The summed E-state index contributed by atoms with van der Waals surface area (Å²) in [7, 11) is 2.00. The summed E-state index contributed by atoms with van der Waals surface area (Å²) in [6.45, 7) is 0. The van der Waals surface area contributed by atoms with Crippen LogP contribution >= 0.6 is 38.9 Å². The SMILES string of the molecule is CNC(c1ccc2c(c1)CCC2)c1cc(Cl)c(Br)s1. The average Bonchev–Trinajstić information content (AvgIpc) is 2.98. The maximum absolute atomic E-state index is 6.15. The van der Waals surface area contributed by atoms with Gasteiger partial charge in [0.1, 0.15) is 0 Å². The highest BCUT2D eigenvalue weighted by Crippen LogP contribution is 2.38. The van der Waals surface area contributed by atoms with Crippen LogP contribution in [0, 0.1) is 0 Å². The number of hydrogen-bond acceptors (Lipinski definition) is 2. The van der Waals surface area contributed by atoms with Gasteiger partial charge in [0, 0.05) is 4.88 Å². The first-order valence-corrected chi connectivity index (χ1v) is 8.41. The molecule has 0 bridgehead atoms. The van der Waals surface area contributed by atoms with E-state index in [0.717, 1.165) is 8.81 Å². The Morgan fingerprint density at radius 2 is 2.05 bits per heavy atom. The van der Waals surface area contributed by atoms with E-state index in [0.29, 0.717) is 0 Å². The van der Waals surface area contributed by atoms with Gasteiger partial charge in [0.25, 0.3) is 0 Å². The standard InChI is InChI=1S/C15H15BrClNS/c1-18-14(13-8-12(17)15(16)19-13)11-6-5-9-3-2-4-10(9)7-11/h5-8,14,18H,2-4H2,1H3. The Hall–Kier alpha value is -0.350. The molecular formula is C15H15BrClNS. The lowest BCUT2D eigenvalue weighted by molar-refractivity contribution is 0.703. The summed E-state index contributed by atoms with van der Waals surface area (Å²) >= 11 is 11.3. The molecule has 1 nitrogen and oxygen atoms in total. The number of aryl methyl sites for hydroxylation is 2. The van der Waals surface area contributed by atoms with Crippen LogP contribution in [0.4, 0.5) is 0 Å². The lowest BCUT2D eigenvalue weighted by atomic mass is 10.0. The van der Waals surface area contributed by atoms with Crippen molar-refractivity contribution in [2.75, 3.05) is 7.05 Å². The summed E-state index contributed by atoms with van der Waals surface area (Å²) < 4.78 is 1.01. The minimum absolute atomic E-state index is 0.222. The van der Waals surface area contributed by atoms with Crippen molar-refractivity contribution >= 4 is 38.9 Å². The van der Waals surface area contributed by atoms with Gasteiger partial charge in [0.05, 0.1) is 14.9 Å². The summed E-state index contributed by atoms with van der Waals surface area (Å²) in [5, 5.41) is 4.19. The van der Waals surface area contributed by atoms with Gasteiger partial charge in [-0.05, 0) is 65.0 Å². The van der Waals surface area contributed by atoms with E-state index >= 15 is 0 Å². The van der Waals surface area contributed by atoms with Crippen molar-refractivity contribution in [2.45, 2.75) is 25.3 Å². The highest BCUT2D eigenvalue weighted by atomic mass is 79.9. The van der Waals surface area contributed by atoms with Gasteiger partial charge in [-0.2, -0.15) is 0 Å². The third-order valence-corrected chi connectivity index (χ3v) is 6.23. The van der Waals surface area contributed by atoms with Crippen molar-refractivity contribution in [2.24, 2.45) is 0 Å². The Morgan fingerprint density at radius 1 is 1.26 bits per heavy atom. The molecule has 2 aromatic rings. The topological polar surface area (TPSA) is 12.0 Å². The van der Waals surface area contributed by atoms with Crippen molar-refractivity contribution in [1.82, 2.24) is 5.32 Å². The maximum atomic E-state index is 6.15. The third kappa shape index (κ3) is 2.62. The molecule has 0 aliphatic heterocycles. The molecule has 3 rings (SSSR count). The van der Waals surface area contributed by atoms with Crippen LogP contribution in [0.5, 0.6) is 0 Å².